The molecule has 2 aromatic carbocycles. The van der Waals surface area contributed by atoms with Crippen molar-refractivity contribution >= 4 is 29.0 Å². The van der Waals surface area contributed by atoms with Crippen molar-refractivity contribution in [3.63, 3.8) is 0 Å². The molecule has 0 fully saturated rings. The number of nitrogens with zero attached hydrogens (tertiary/aromatic N) is 1. The number of hydrazine groups is 1. The predicted octanol–water partition coefficient (Wildman–Crippen LogP) is 3.33. The lowest BCUT2D eigenvalue weighted by Crippen LogP contribution is -2.31. The molecule has 112 valence electrons. The maximum absolute atomic E-state index is 10.7. The number of carboxylic acid groups (broad SMARTS) is 1. The highest BCUT2D eigenvalue weighted by Gasteiger charge is 2.15. The number of hydrogen-bond acceptors (Lipinski definition) is 3. The lowest BCUT2D eigenvalue weighted by atomic mass is 10.1. The summed E-state index contributed by atoms with van der Waals surface area (Å²) in [6, 6.07) is 15.2. The first-order valence-corrected chi connectivity index (χ1v) is 7.30. The lowest BCUT2D eigenvalue weighted by molar-refractivity contribution is -0.136. The number of nitrogens with one attached hydrogen (secondary N) is 1. The number of carboxylic acids is 1. The minimum Gasteiger partial charge on any atom is -0.481 e. The maximum Gasteiger partial charge on any atom is 0.307 e. The minimum atomic E-state index is -0.821. The monoisotopic (exact) mass is 314 g/mol. The Kier molecular flexibility index (Phi) is 4.02. The van der Waals surface area contributed by atoms with Crippen molar-refractivity contribution in [3.8, 4) is 0 Å². The quantitative estimate of drug-likeness (QED) is 0.909. The molecule has 0 bridgehead atoms. The first-order valence-electron chi connectivity index (χ1n) is 6.93. The second-order valence-electron chi connectivity index (χ2n) is 5.08. The largest absolute Gasteiger partial charge is 0.481 e. The molecule has 0 unspecified atom stereocenters. The van der Waals surface area contributed by atoms with Gasteiger partial charge in [0, 0.05) is 5.02 Å². The van der Waals surface area contributed by atoms with E-state index < -0.39 is 5.97 Å². The van der Waals surface area contributed by atoms with Crippen LogP contribution in [-0.4, -0.2) is 17.6 Å². The molecule has 0 amide bonds. The highest BCUT2D eigenvalue weighted by molar-refractivity contribution is 6.30. The van der Waals surface area contributed by atoms with Gasteiger partial charge in [0.2, 0.25) is 0 Å². The van der Waals surface area contributed by atoms with Crippen LogP contribution in [0.25, 0.3) is 5.70 Å². The third-order valence-electron chi connectivity index (χ3n) is 3.49. The van der Waals surface area contributed by atoms with E-state index in [1.54, 1.807) is 0 Å². The Morgan fingerprint density at radius 1 is 1.14 bits per heavy atom. The maximum atomic E-state index is 10.7. The highest BCUT2D eigenvalue weighted by atomic mass is 35.5. The smallest absolute Gasteiger partial charge is 0.307 e. The van der Waals surface area contributed by atoms with Gasteiger partial charge in [0.25, 0.3) is 0 Å². The van der Waals surface area contributed by atoms with Gasteiger partial charge in [-0.3, -0.25) is 15.2 Å². The summed E-state index contributed by atoms with van der Waals surface area (Å²) in [6.07, 6.45) is 2.15. The predicted molar refractivity (Wildman–Crippen MR) is 87.7 cm³/mol. The number of hydrogen-bond donors (Lipinski definition) is 2. The van der Waals surface area contributed by atoms with Gasteiger partial charge in [-0.2, -0.15) is 0 Å². The first-order chi connectivity index (χ1) is 10.6. The normalized spacial score (nSPS) is 13.7. The SMILES string of the molecule is O=C(O)Cc1ccc(N2CC=C(c3ccc(Cl)cc3)N2)cc1. The summed E-state index contributed by atoms with van der Waals surface area (Å²) in [5.74, 6) is -0.821. The van der Waals surface area contributed by atoms with E-state index in [0.717, 1.165) is 29.1 Å². The molecule has 22 heavy (non-hydrogen) atoms. The first kappa shape index (κ1) is 14.5. The van der Waals surface area contributed by atoms with E-state index in [1.807, 2.05) is 53.5 Å². The van der Waals surface area contributed by atoms with Crippen molar-refractivity contribution in [2.75, 3.05) is 11.6 Å². The van der Waals surface area contributed by atoms with Gasteiger partial charge in [-0.15, -0.1) is 0 Å². The van der Waals surface area contributed by atoms with E-state index in [-0.39, 0.29) is 6.42 Å². The Morgan fingerprint density at radius 3 is 2.45 bits per heavy atom. The van der Waals surface area contributed by atoms with Gasteiger partial charge < -0.3 is 5.11 Å². The lowest BCUT2D eigenvalue weighted by Gasteiger charge is -2.20. The third kappa shape index (κ3) is 3.23. The average Bonchev–Trinajstić information content (AvgIpc) is 2.98. The van der Waals surface area contributed by atoms with E-state index in [1.165, 1.54) is 0 Å². The molecular weight excluding hydrogens is 300 g/mol. The van der Waals surface area contributed by atoms with Crippen LogP contribution in [0, 0.1) is 0 Å². The zero-order valence-electron chi connectivity index (χ0n) is 11.8. The standard InChI is InChI=1S/C17H15ClN2O2/c18-14-5-3-13(4-6-14)16-9-10-20(19-16)15-7-1-12(2-8-15)11-17(21)22/h1-9,19H,10-11H2,(H,21,22). The van der Waals surface area contributed by atoms with Crippen LogP contribution in [0.4, 0.5) is 5.69 Å². The molecule has 0 radical (unpaired) electrons. The molecule has 0 aliphatic carbocycles. The fraction of sp³-hybridized carbons (Fsp3) is 0.118. The Hall–Kier alpha value is -2.46. The van der Waals surface area contributed by atoms with Gasteiger partial charge in [0.15, 0.2) is 0 Å². The summed E-state index contributed by atoms with van der Waals surface area (Å²) < 4.78 is 0. The number of rotatable bonds is 4. The van der Waals surface area contributed by atoms with E-state index in [0.29, 0.717) is 5.02 Å². The third-order valence-corrected chi connectivity index (χ3v) is 3.74. The second-order valence-corrected chi connectivity index (χ2v) is 5.52. The molecule has 2 N–H and O–H groups in total. The Bertz CT molecular complexity index is 708. The zero-order valence-corrected chi connectivity index (χ0v) is 12.5. The van der Waals surface area contributed by atoms with Crippen LogP contribution in [0.1, 0.15) is 11.1 Å². The summed E-state index contributed by atoms with van der Waals surface area (Å²) in [6.45, 7) is 0.746. The van der Waals surface area contributed by atoms with E-state index in [4.69, 9.17) is 16.7 Å². The summed E-state index contributed by atoms with van der Waals surface area (Å²) in [7, 11) is 0. The molecule has 1 aliphatic heterocycles. The second kappa shape index (κ2) is 6.12. The Labute approximate surface area is 133 Å². The molecule has 0 aromatic heterocycles. The summed E-state index contributed by atoms with van der Waals surface area (Å²) in [4.78, 5) is 10.7. The average molecular weight is 315 g/mol. The van der Waals surface area contributed by atoms with E-state index >= 15 is 0 Å². The summed E-state index contributed by atoms with van der Waals surface area (Å²) in [5, 5.41) is 11.5. The van der Waals surface area contributed by atoms with Crippen LogP contribution in [0.5, 0.6) is 0 Å². The fourth-order valence-electron chi connectivity index (χ4n) is 2.37. The van der Waals surface area contributed by atoms with Crippen LogP contribution in [0.3, 0.4) is 0 Å². The minimum absolute atomic E-state index is 0.0436. The van der Waals surface area contributed by atoms with Crippen molar-refractivity contribution < 1.29 is 9.90 Å². The molecule has 5 heteroatoms. The van der Waals surface area contributed by atoms with Crippen molar-refractivity contribution in [3.05, 3.63) is 70.8 Å². The number of benzene rings is 2. The van der Waals surface area contributed by atoms with Crippen LogP contribution in [-0.2, 0) is 11.2 Å². The molecule has 1 aliphatic rings. The van der Waals surface area contributed by atoms with Gasteiger partial charge in [0.1, 0.15) is 0 Å². The molecule has 0 spiro atoms. The van der Waals surface area contributed by atoms with E-state index in [2.05, 4.69) is 11.5 Å². The molecule has 1 heterocycles. The summed E-state index contributed by atoms with van der Waals surface area (Å²) in [5.41, 5.74) is 7.24. The molecule has 4 nitrogen and oxygen atoms in total. The van der Waals surface area contributed by atoms with Crippen molar-refractivity contribution in [1.82, 2.24) is 5.43 Å². The van der Waals surface area contributed by atoms with Gasteiger partial charge in [-0.05, 0) is 41.5 Å². The van der Waals surface area contributed by atoms with Gasteiger partial charge >= 0.3 is 5.97 Å². The number of aliphatic carboxylic acids is 1. The topological polar surface area (TPSA) is 52.6 Å². The van der Waals surface area contributed by atoms with Gasteiger partial charge in [-0.25, -0.2) is 0 Å². The summed E-state index contributed by atoms with van der Waals surface area (Å²) >= 11 is 5.90. The molecule has 0 atom stereocenters. The molecule has 3 rings (SSSR count). The van der Waals surface area contributed by atoms with Crippen LogP contribution < -0.4 is 10.4 Å². The van der Waals surface area contributed by atoms with Crippen LogP contribution in [0.2, 0.25) is 5.02 Å². The zero-order chi connectivity index (χ0) is 15.5. The van der Waals surface area contributed by atoms with Crippen LogP contribution >= 0.6 is 11.6 Å². The number of halogens is 1. The Morgan fingerprint density at radius 2 is 1.82 bits per heavy atom. The molecular formula is C17H15ClN2O2. The van der Waals surface area contributed by atoms with Crippen LogP contribution in [0.15, 0.2) is 54.6 Å². The van der Waals surface area contributed by atoms with Crippen molar-refractivity contribution in [1.29, 1.82) is 0 Å². The van der Waals surface area contributed by atoms with Gasteiger partial charge in [0.05, 0.1) is 24.4 Å². The number of carbonyl (C=O) groups is 1. The molecule has 2 aromatic rings. The van der Waals surface area contributed by atoms with Crippen molar-refractivity contribution in [2.45, 2.75) is 6.42 Å². The van der Waals surface area contributed by atoms with Crippen molar-refractivity contribution in [2.24, 2.45) is 0 Å². The fourth-order valence-corrected chi connectivity index (χ4v) is 2.50. The highest BCUT2D eigenvalue weighted by Crippen LogP contribution is 2.23. The van der Waals surface area contributed by atoms with Gasteiger partial charge in [-0.1, -0.05) is 35.9 Å². The Balaban J connectivity index is 1.68. The number of anilines is 1. The molecule has 0 saturated carbocycles. The molecule has 0 saturated heterocycles. The van der Waals surface area contributed by atoms with E-state index in [9.17, 15) is 4.79 Å².